The van der Waals surface area contributed by atoms with Crippen molar-refractivity contribution in [3.8, 4) is 0 Å². The molecule has 1 saturated heterocycles. The Hall–Kier alpha value is -0.860. The van der Waals surface area contributed by atoms with Gasteiger partial charge in [0.25, 0.3) is 0 Å². The van der Waals surface area contributed by atoms with E-state index in [2.05, 4.69) is 36.2 Å². The highest BCUT2D eigenvalue weighted by Gasteiger charge is 2.39. The van der Waals surface area contributed by atoms with E-state index in [0.29, 0.717) is 0 Å². The van der Waals surface area contributed by atoms with E-state index in [1.165, 1.54) is 24.2 Å². The first-order chi connectivity index (χ1) is 7.17. The van der Waals surface area contributed by atoms with Gasteiger partial charge in [0.2, 0.25) is 0 Å². The molecular weight excluding hydrogens is 184 g/mol. The first kappa shape index (κ1) is 9.37. The largest absolute Gasteiger partial charge is 0.321 e. The smallest absolute Gasteiger partial charge is 0.0411 e. The third kappa shape index (κ3) is 1.58. The van der Waals surface area contributed by atoms with Gasteiger partial charge in [-0.25, -0.2) is 0 Å². The van der Waals surface area contributed by atoms with Gasteiger partial charge in [-0.05, 0) is 31.0 Å². The second-order valence-corrected chi connectivity index (χ2v) is 5.20. The molecular formula is C13H18N2. The van der Waals surface area contributed by atoms with Crippen LogP contribution in [0.3, 0.4) is 0 Å². The molecule has 0 unspecified atom stereocenters. The average Bonchev–Trinajstić information content (AvgIpc) is 2.94. The van der Waals surface area contributed by atoms with Crippen LogP contribution < -0.4 is 5.73 Å². The Kier molecular flexibility index (Phi) is 1.91. The zero-order chi connectivity index (χ0) is 10.5. The quantitative estimate of drug-likeness (QED) is 0.790. The summed E-state index contributed by atoms with van der Waals surface area (Å²) in [7, 11) is 2.17. The number of likely N-dealkylation sites (N-methyl/N-ethyl adjacent to an activating group) is 1. The second kappa shape index (κ2) is 3.06. The van der Waals surface area contributed by atoms with Gasteiger partial charge in [-0.1, -0.05) is 24.3 Å². The normalized spacial score (nSPS) is 24.9. The van der Waals surface area contributed by atoms with E-state index in [4.69, 9.17) is 5.73 Å². The lowest BCUT2D eigenvalue weighted by Gasteiger charge is -2.36. The van der Waals surface area contributed by atoms with E-state index in [0.717, 1.165) is 18.8 Å². The molecule has 1 saturated carbocycles. The molecule has 0 aromatic heterocycles. The van der Waals surface area contributed by atoms with Crippen molar-refractivity contribution in [2.45, 2.75) is 24.3 Å². The van der Waals surface area contributed by atoms with Gasteiger partial charge in [0.15, 0.2) is 0 Å². The molecule has 2 N–H and O–H groups in total. The third-order valence-electron chi connectivity index (χ3n) is 3.81. The molecule has 80 valence electrons. The summed E-state index contributed by atoms with van der Waals surface area (Å²) in [5, 5.41) is 0. The van der Waals surface area contributed by atoms with Gasteiger partial charge >= 0.3 is 0 Å². The number of benzene rings is 1. The summed E-state index contributed by atoms with van der Waals surface area (Å²) < 4.78 is 0. The van der Waals surface area contributed by atoms with Crippen LogP contribution >= 0.6 is 0 Å². The summed E-state index contributed by atoms with van der Waals surface area (Å²) in [6, 6.07) is 8.97. The summed E-state index contributed by atoms with van der Waals surface area (Å²) in [5.74, 6) is 0.747. The first-order valence-electron chi connectivity index (χ1n) is 5.75. The van der Waals surface area contributed by atoms with Crippen molar-refractivity contribution >= 4 is 0 Å². The van der Waals surface area contributed by atoms with Crippen LogP contribution in [-0.4, -0.2) is 25.0 Å². The lowest BCUT2D eigenvalue weighted by atomic mass is 9.90. The Labute approximate surface area is 91.1 Å². The summed E-state index contributed by atoms with van der Waals surface area (Å²) in [5.41, 5.74) is 8.97. The average molecular weight is 202 g/mol. The van der Waals surface area contributed by atoms with Crippen molar-refractivity contribution in [1.29, 1.82) is 0 Å². The summed E-state index contributed by atoms with van der Waals surface area (Å²) in [6.45, 7) is 2.40. The fourth-order valence-electron chi connectivity index (χ4n) is 2.42. The number of hydrogen-bond acceptors (Lipinski definition) is 2. The highest BCUT2D eigenvalue weighted by molar-refractivity contribution is 5.34. The maximum absolute atomic E-state index is 6.15. The van der Waals surface area contributed by atoms with Gasteiger partial charge in [-0.3, -0.25) is 0 Å². The van der Waals surface area contributed by atoms with Crippen LogP contribution in [0.2, 0.25) is 0 Å². The molecule has 0 amide bonds. The third-order valence-corrected chi connectivity index (χ3v) is 3.81. The van der Waals surface area contributed by atoms with Crippen LogP contribution in [0, 0.1) is 0 Å². The number of likely N-dealkylation sites (tertiary alicyclic amines) is 1. The SMILES string of the molecule is CN1CC(c2ccc(C3(N)CC3)cc2)C1. The predicted octanol–water partition coefficient (Wildman–Crippen LogP) is 1.66. The molecule has 1 aromatic carbocycles. The minimum Gasteiger partial charge on any atom is -0.321 e. The number of nitrogens with two attached hydrogens (primary N) is 1. The van der Waals surface area contributed by atoms with E-state index in [9.17, 15) is 0 Å². The Morgan fingerprint density at radius 1 is 1.20 bits per heavy atom. The molecule has 3 rings (SSSR count). The fraction of sp³-hybridized carbons (Fsp3) is 0.538. The van der Waals surface area contributed by atoms with Crippen LogP contribution in [0.1, 0.15) is 29.9 Å². The van der Waals surface area contributed by atoms with E-state index in [1.54, 1.807) is 0 Å². The molecule has 1 aliphatic heterocycles. The van der Waals surface area contributed by atoms with Crippen molar-refractivity contribution in [2.75, 3.05) is 20.1 Å². The molecule has 15 heavy (non-hydrogen) atoms. The topological polar surface area (TPSA) is 29.3 Å². The monoisotopic (exact) mass is 202 g/mol. The lowest BCUT2D eigenvalue weighted by molar-refractivity contribution is 0.190. The van der Waals surface area contributed by atoms with Crippen molar-refractivity contribution < 1.29 is 0 Å². The minimum atomic E-state index is 0.0228. The Balaban J connectivity index is 1.76. The zero-order valence-electron chi connectivity index (χ0n) is 9.24. The highest BCUT2D eigenvalue weighted by Crippen LogP contribution is 2.42. The predicted molar refractivity (Wildman–Crippen MR) is 61.8 cm³/mol. The molecule has 0 radical (unpaired) electrons. The van der Waals surface area contributed by atoms with Gasteiger partial charge < -0.3 is 10.6 Å². The minimum absolute atomic E-state index is 0.0228. The van der Waals surface area contributed by atoms with Crippen LogP contribution in [0.25, 0.3) is 0 Å². The van der Waals surface area contributed by atoms with Crippen LogP contribution in [0.15, 0.2) is 24.3 Å². The van der Waals surface area contributed by atoms with Gasteiger partial charge in [0.05, 0.1) is 0 Å². The van der Waals surface area contributed by atoms with Gasteiger partial charge in [-0.15, -0.1) is 0 Å². The van der Waals surface area contributed by atoms with Crippen molar-refractivity contribution in [2.24, 2.45) is 5.73 Å². The maximum Gasteiger partial charge on any atom is 0.0411 e. The summed E-state index contributed by atoms with van der Waals surface area (Å²) in [4.78, 5) is 2.35. The molecule has 0 bridgehead atoms. The van der Waals surface area contributed by atoms with Crippen molar-refractivity contribution in [1.82, 2.24) is 4.90 Å². The molecule has 2 aliphatic rings. The molecule has 2 nitrogen and oxygen atoms in total. The number of rotatable bonds is 2. The molecule has 1 heterocycles. The van der Waals surface area contributed by atoms with Crippen molar-refractivity contribution in [3.63, 3.8) is 0 Å². The maximum atomic E-state index is 6.15. The lowest BCUT2D eigenvalue weighted by Crippen LogP contribution is -2.41. The Morgan fingerprint density at radius 3 is 2.27 bits per heavy atom. The second-order valence-electron chi connectivity index (χ2n) is 5.20. The molecule has 0 atom stereocenters. The molecule has 0 spiro atoms. The Morgan fingerprint density at radius 2 is 1.80 bits per heavy atom. The van der Waals surface area contributed by atoms with Gasteiger partial charge in [0, 0.05) is 24.5 Å². The van der Waals surface area contributed by atoms with E-state index >= 15 is 0 Å². The van der Waals surface area contributed by atoms with Crippen LogP contribution in [-0.2, 0) is 5.54 Å². The number of hydrogen-bond donors (Lipinski definition) is 1. The van der Waals surface area contributed by atoms with Crippen LogP contribution in [0.5, 0.6) is 0 Å². The van der Waals surface area contributed by atoms with E-state index in [1.807, 2.05) is 0 Å². The summed E-state index contributed by atoms with van der Waals surface area (Å²) >= 11 is 0. The fourth-order valence-corrected chi connectivity index (χ4v) is 2.42. The van der Waals surface area contributed by atoms with E-state index < -0.39 is 0 Å². The Bertz CT molecular complexity index is 359. The van der Waals surface area contributed by atoms with Crippen molar-refractivity contribution in [3.05, 3.63) is 35.4 Å². The van der Waals surface area contributed by atoms with Gasteiger partial charge in [-0.2, -0.15) is 0 Å². The van der Waals surface area contributed by atoms with Crippen LogP contribution in [0.4, 0.5) is 0 Å². The summed E-state index contributed by atoms with van der Waals surface area (Å²) in [6.07, 6.45) is 2.30. The highest BCUT2D eigenvalue weighted by atomic mass is 15.2. The molecule has 1 aliphatic carbocycles. The zero-order valence-corrected chi connectivity index (χ0v) is 9.24. The number of nitrogens with zero attached hydrogens (tertiary/aromatic N) is 1. The molecule has 2 heteroatoms. The first-order valence-corrected chi connectivity index (χ1v) is 5.75. The standard InChI is InChI=1S/C13H18N2/c1-15-8-11(9-15)10-2-4-12(5-3-10)13(14)6-7-13/h2-5,11H,6-9,14H2,1H3. The molecule has 2 fully saturated rings. The van der Waals surface area contributed by atoms with E-state index in [-0.39, 0.29) is 5.54 Å². The van der Waals surface area contributed by atoms with Gasteiger partial charge in [0.1, 0.15) is 0 Å². The molecule has 1 aromatic rings.